The second-order valence-electron chi connectivity index (χ2n) is 9.50. The number of nitrogens with zero attached hydrogens (tertiary/aromatic N) is 1. The zero-order chi connectivity index (χ0) is 27.1. The molecule has 2 amide bonds. The van der Waals surface area contributed by atoms with Gasteiger partial charge in [0.2, 0.25) is 11.8 Å². The lowest BCUT2D eigenvalue weighted by Gasteiger charge is -2.38. The van der Waals surface area contributed by atoms with Crippen LogP contribution in [0.1, 0.15) is 30.0 Å². The Morgan fingerprint density at radius 3 is 2.61 bits per heavy atom. The van der Waals surface area contributed by atoms with E-state index in [1.165, 1.54) is 6.07 Å². The normalized spacial score (nSPS) is 21.8. The Balaban J connectivity index is 1.50. The maximum atomic E-state index is 13.2. The highest BCUT2D eigenvalue weighted by molar-refractivity contribution is 5.83. The number of halogens is 3. The first-order valence-electron chi connectivity index (χ1n) is 12.8. The minimum atomic E-state index is -4.46. The van der Waals surface area contributed by atoms with Gasteiger partial charge in [0.25, 0.3) is 0 Å². The molecule has 2 aromatic carbocycles. The number of amides is 2. The first-order valence-corrected chi connectivity index (χ1v) is 12.8. The van der Waals surface area contributed by atoms with Gasteiger partial charge in [-0.1, -0.05) is 36.4 Å². The molecule has 204 valence electrons. The summed E-state index contributed by atoms with van der Waals surface area (Å²) in [5.74, 6) is 0.301. The molecule has 3 N–H and O–H groups in total. The van der Waals surface area contributed by atoms with E-state index in [1.54, 1.807) is 6.07 Å². The number of aryl methyl sites for hydroxylation is 1. The Labute approximate surface area is 220 Å². The molecule has 38 heavy (non-hydrogen) atoms. The number of fused-ring (bicyclic) bond motifs is 2. The Hall–Kier alpha value is -3.53. The van der Waals surface area contributed by atoms with Gasteiger partial charge < -0.3 is 25.6 Å². The van der Waals surface area contributed by atoms with Crippen molar-refractivity contribution in [1.82, 2.24) is 20.9 Å². The third kappa shape index (κ3) is 7.06. The minimum Gasteiger partial charge on any atom is -0.492 e. The van der Waals surface area contributed by atoms with Crippen molar-refractivity contribution in [3.05, 3.63) is 77.0 Å². The lowest BCUT2D eigenvalue weighted by molar-refractivity contribution is -0.137. The number of alkyl halides is 3. The van der Waals surface area contributed by atoms with Gasteiger partial charge in [0.15, 0.2) is 0 Å². The fourth-order valence-corrected chi connectivity index (χ4v) is 4.60. The van der Waals surface area contributed by atoms with Crippen LogP contribution in [0.5, 0.6) is 5.75 Å². The van der Waals surface area contributed by atoms with Crippen molar-refractivity contribution in [2.75, 3.05) is 32.8 Å². The highest BCUT2D eigenvalue weighted by atomic mass is 19.4. The number of benzene rings is 2. The fraction of sp³-hybridized carbons (Fsp3) is 0.429. The molecule has 0 bridgehead atoms. The van der Waals surface area contributed by atoms with Crippen LogP contribution in [0.2, 0.25) is 0 Å². The van der Waals surface area contributed by atoms with Crippen LogP contribution in [-0.2, 0) is 28.6 Å². The van der Waals surface area contributed by atoms with Gasteiger partial charge in [0.1, 0.15) is 18.4 Å². The minimum absolute atomic E-state index is 0.0773. The molecule has 0 radical (unpaired) electrons. The van der Waals surface area contributed by atoms with Crippen molar-refractivity contribution in [3.63, 3.8) is 0 Å². The average Bonchev–Trinajstić information content (AvgIpc) is 2.87. The summed E-state index contributed by atoms with van der Waals surface area (Å²) in [6.07, 6.45) is -0.951. The molecule has 2 aromatic rings. The molecule has 1 unspecified atom stereocenters. The van der Waals surface area contributed by atoms with Crippen LogP contribution in [0.15, 0.2) is 60.3 Å². The molecule has 0 saturated heterocycles. The molecule has 7 nitrogen and oxygen atoms in total. The zero-order valence-corrected chi connectivity index (χ0v) is 21.3. The maximum Gasteiger partial charge on any atom is 0.416 e. The maximum absolute atomic E-state index is 13.2. The van der Waals surface area contributed by atoms with Gasteiger partial charge in [0, 0.05) is 25.3 Å². The van der Waals surface area contributed by atoms with Gasteiger partial charge in [-0.2, -0.15) is 13.2 Å². The summed E-state index contributed by atoms with van der Waals surface area (Å²) < 4.78 is 45.6. The third-order valence-corrected chi connectivity index (χ3v) is 6.84. The fourth-order valence-electron chi connectivity index (χ4n) is 4.60. The summed E-state index contributed by atoms with van der Waals surface area (Å²) >= 11 is 0. The largest absolute Gasteiger partial charge is 0.492 e. The topological polar surface area (TPSA) is 82.7 Å². The van der Waals surface area contributed by atoms with E-state index in [-0.39, 0.29) is 37.4 Å². The van der Waals surface area contributed by atoms with E-state index in [9.17, 15) is 22.8 Å². The van der Waals surface area contributed by atoms with Crippen LogP contribution in [0.25, 0.3) is 0 Å². The molecular formula is C28H33F3N4O3. The summed E-state index contributed by atoms with van der Waals surface area (Å²) in [5, 5.41) is 9.02. The number of carbonyl (C=O) groups is 2. The van der Waals surface area contributed by atoms with Gasteiger partial charge in [-0.05, 0) is 55.5 Å². The van der Waals surface area contributed by atoms with E-state index in [4.69, 9.17) is 4.74 Å². The van der Waals surface area contributed by atoms with E-state index >= 15 is 0 Å². The van der Waals surface area contributed by atoms with Crippen molar-refractivity contribution < 1.29 is 27.5 Å². The van der Waals surface area contributed by atoms with Gasteiger partial charge in [0.05, 0.1) is 18.2 Å². The molecule has 0 spiro atoms. The van der Waals surface area contributed by atoms with Crippen LogP contribution in [0.4, 0.5) is 13.2 Å². The van der Waals surface area contributed by atoms with Gasteiger partial charge >= 0.3 is 6.18 Å². The monoisotopic (exact) mass is 530 g/mol. The van der Waals surface area contributed by atoms with Crippen molar-refractivity contribution >= 4 is 11.8 Å². The molecule has 0 saturated carbocycles. The Morgan fingerprint density at radius 2 is 1.84 bits per heavy atom. The average molecular weight is 531 g/mol. The van der Waals surface area contributed by atoms with E-state index in [1.807, 2.05) is 42.2 Å². The van der Waals surface area contributed by atoms with Crippen LogP contribution in [0, 0.1) is 0 Å². The number of rotatable bonds is 2. The molecule has 2 atom stereocenters. The number of carbonyl (C=O) groups excluding carboxylic acids is 2. The molecule has 2 aliphatic heterocycles. The first kappa shape index (κ1) is 27.5. The van der Waals surface area contributed by atoms with E-state index < -0.39 is 17.8 Å². The molecule has 2 heterocycles. The van der Waals surface area contributed by atoms with Crippen LogP contribution >= 0.6 is 0 Å². The summed E-state index contributed by atoms with van der Waals surface area (Å²) in [6, 6.07) is 11.5. The molecule has 2 aliphatic rings. The second kappa shape index (κ2) is 12.3. The Kier molecular flexibility index (Phi) is 8.93. The van der Waals surface area contributed by atoms with Crippen molar-refractivity contribution in [2.45, 2.75) is 44.4 Å². The van der Waals surface area contributed by atoms with Gasteiger partial charge in [-0.15, -0.1) is 0 Å². The van der Waals surface area contributed by atoms with Gasteiger partial charge in [-0.25, -0.2) is 0 Å². The lowest BCUT2D eigenvalue weighted by Crippen LogP contribution is -2.52. The Bertz CT molecular complexity index is 1170. The quantitative estimate of drug-likeness (QED) is 0.556. The van der Waals surface area contributed by atoms with Crippen molar-refractivity contribution in [3.8, 4) is 5.75 Å². The Morgan fingerprint density at radius 1 is 1.03 bits per heavy atom. The molecule has 0 fully saturated rings. The number of ether oxygens (including phenoxy) is 1. The number of para-hydroxylation sites is 1. The number of hydrogen-bond donors (Lipinski definition) is 3. The first-order chi connectivity index (χ1) is 18.2. The number of nitrogens with one attached hydrogen (secondary N) is 3. The van der Waals surface area contributed by atoms with Crippen molar-refractivity contribution in [2.24, 2.45) is 0 Å². The lowest BCUT2D eigenvalue weighted by atomic mass is 10.0. The molecular weight excluding hydrogens is 497 g/mol. The predicted octanol–water partition coefficient (Wildman–Crippen LogP) is 3.05. The highest BCUT2D eigenvalue weighted by Gasteiger charge is 2.31. The summed E-state index contributed by atoms with van der Waals surface area (Å²) in [7, 11) is 0. The van der Waals surface area contributed by atoms with E-state index in [0.717, 1.165) is 42.0 Å². The van der Waals surface area contributed by atoms with Crippen LogP contribution in [0.3, 0.4) is 0 Å². The van der Waals surface area contributed by atoms with Crippen LogP contribution in [-0.4, -0.2) is 61.6 Å². The molecule has 0 aromatic heterocycles. The third-order valence-electron chi connectivity index (χ3n) is 6.84. The smallest absolute Gasteiger partial charge is 0.416 e. The predicted molar refractivity (Wildman–Crippen MR) is 137 cm³/mol. The number of hydrogen-bond acceptors (Lipinski definition) is 5. The molecule has 0 aliphatic carbocycles. The molecule has 4 rings (SSSR count). The van der Waals surface area contributed by atoms with E-state index in [2.05, 4.69) is 16.0 Å². The summed E-state index contributed by atoms with van der Waals surface area (Å²) in [5.41, 5.74) is 1.49. The zero-order valence-electron chi connectivity index (χ0n) is 21.3. The van der Waals surface area contributed by atoms with E-state index in [0.29, 0.717) is 25.2 Å². The summed E-state index contributed by atoms with van der Waals surface area (Å²) in [4.78, 5) is 27.8. The van der Waals surface area contributed by atoms with Crippen molar-refractivity contribution in [1.29, 1.82) is 0 Å². The SMILES string of the molecule is CC1C(=O)NCCCc2ccccc2OCCN[C@H](Cc2cccc(C(F)(F)F)c2)C(=O)NCC2=CCN21. The summed E-state index contributed by atoms with van der Waals surface area (Å²) in [6.45, 7) is 3.80. The van der Waals surface area contributed by atoms with Crippen LogP contribution < -0.4 is 20.7 Å². The second-order valence-corrected chi connectivity index (χ2v) is 9.50. The standard InChI is InChI=1S/C28H33F3N4O3/c1-19-26(36)33-12-5-8-21-7-2-3-10-25(21)38-15-13-32-24(27(37)34-18-23-11-14-35(19)23)17-20-6-4-9-22(16-20)28(29,30)31/h2-4,6-7,9-11,16,19,24,32H,5,8,12-15,17-18H2,1H3,(H,33,36)(H,34,37)/t19?,24-/m1/s1. The molecule has 10 heteroatoms. The highest BCUT2D eigenvalue weighted by Crippen LogP contribution is 2.30. The van der Waals surface area contributed by atoms with Gasteiger partial charge in [-0.3, -0.25) is 9.59 Å².